The molecule has 0 unspecified atom stereocenters. The Morgan fingerprint density at radius 3 is 2.50 bits per heavy atom. The van der Waals surface area contributed by atoms with Gasteiger partial charge in [0, 0.05) is 0 Å². The predicted octanol–water partition coefficient (Wildman–Crippen LogP) is -1.53. The molecule has 0 aliphatic carbocycles. The summed E-state index contributed by atoms with van der Waals surface area (Å²) in [5.41, 5.74) is 0.632. The van der Waals surface area contributed by atoms with Crippen LogP contribution in [-0.2, 0) is 8.91 Å². The van der Waals surface area contributed by atoms with Gasteiger partial charge in [-0.2, -0.15) is 0 Å². The van der Waals surface area contributed by atoms with Crippen molar-refractivity contribution in [1.82, 2.24) is 0 Å². The molecule has 0 saturated carbocycles. The molecule has 0 rings (SSSR count). The molecule has 0 aromatic rings. The second-order valence-electron chi connectivity index (χ2n) is 1.64. The Bertz CT molecular complexity index is 111. The number of carbonyl (C=O) groups excluding carboxylic acids is 1. The molecule has 0 spiro atoms. The summed E-state index contributed by atoms with van der Waals surface area (Å²) in [4.78, 5) is 10.6. The van der Waals surface area contributed by atoms with E-state index in [0.29, 0.717) is 16.1 Å². The van der Waals surface area contributed by atoms with Gasteiger partial charge in [-0.05, 0) is 12.5 Å². The molecule has 8 heavy (non-hydrogen) atoms. The topological polar surface area (TPSA) is 26.3 Å². The Labute approximate surface area is 54.4 Å². The molecule has 4 heteroatoms. The van der Waals surface area contributed by atoms with Crippen molar-refractivity contribution in [3.05, 3.63) is 12.2 Å². The van der Waals surface area contributed by atoms with Gasteiger partial charge in [0.05, 0.1) is 0 Å². The molecule has 0 heterocycles. The van der Waals surface area contributed by atoms with Crippen molar-refractivity contribution in [2.24, 2.45) is 0 Å². The van der Waals surface area contributed by atoms with Crippen molar-refractivity contribution in [3.8, 4) is 0 Å². The van der Waals surface area contributed by atoms with Crippen molar-refractivity contribution in [3.63, 3.8) is 0 Å². The molecule has 0 aliphatic rings. The van der Waals surface area contributed by atoms with Crippen LogP contribution in [0.3, 0.4) is 0 Å². The third-order valence-electron chi connectivity index (χ3n) is 0.751. The first-order valence-electron chi connectivity index (χ1n) is 2.36. The molecule has 0 saturated heterocycles. The van der Waals surface area contributed by atoms with Crippen molar-refractivity contribution in [2.45, 2.75) is 6.92 Å². The van der Waals surface area contributed by atoms with Gasteiger partial charge in [0.1, 0.15) is 10.5 Å². The van der Waals surface area contributed by atoms with E-state index in [0.717, 1.165) is 0 Å². The zero-order chi connectivity index (χ0) is 6.57. The highest BCUT2D eigenvalue weighted by Gasteiger charge is 1.99. The lowest BCUT2D eigenvalue weighted by molar-refractivity contribution is -0.109. The molecule has 0 N–H and O–H groups in total. The number of allylic oxidation sites excluding steroid dienone is 1. The Hall–Kier alpha value is -0.196. The van der Waals surface area contributed by atoms with Crippen LogP contribution in [0.15, 0.2) is 12.2 Å². The van der Waals surface area contributed by atoms with Crippen LogP contribution in [0.5, 0.6) is 0 Å². The smallest absolute Gasteiger partial charge is 0.227 e. The maximum Gasteiger partial charge on any atom is 0.227 e. The largest absolute Gasteiger partial charge is 0.463 e. The average Bonchev–Trinajstić information content (AvgIpc) is 1.67. The van der Waals surface area contributed by atoms with Gasteiger partial charge >= 0.3 is 0 Å². The zero-order valence-electron chi connectivity index (χ0n) is 5.23. The molecule has 0 amide bonds. The highest BCUT2D eigenvalue weighted by molar-refractivity contribution is 6.74. The third-order valence-corrected chi connectivity index (χ3v) is 2.77. The number of hydrogen-bond donors (Lipinski definition) is 0. The fourth-order valence-corrected chi connectivity index (χ4v) is 1.55. The van der Waals surface area contributed by atoms with Gasteiger partial charge in [0.25, 0.3) is 0 Å². The molecule has 2 nitrogen and oxygen atoms in total. The quantitative estimate of drug-likeness (QED) is 0.357. The lowest BCUT2D eigenvalue weighted by Gasteiger charge is -1.93. The second-order valence-corrected chi connectivity index (χ2v) is 4.88. The fraction of sp³-hybridized carbons (Fsp3) is 0.250. The molecule has 0 atom stereocenters. The zero-order valence-corrected chi connectivity index (χ0v) is 8.64. The van der Waals surface area contributed by atoms with Crippen LogP contribution in [0.4, 0.5) is 0 Å². The minimum atomic E-state index is -0.878. The van der Waals surface area contributed by atoms with Gasteiger partial charge in [-0.25, -0.2) is 0 Å². The molecule has 0 aliphatic heterocycles. The first-order valence-corrected chi connectivity index (χ1v) is 4.46. The Kier molecular flexibility index (Phi) is 3.67. The molecule has 0 fully saturated rings. The van der Waals surface area contributed by atoms with Gasteiger partial charge in [-0.15, -0.1) is 0 Å². The van der Waals surface area contributed by atoms with Gasteiger partial charge in [0.2, 0.25) is 9.76 Å². The van der Waals surface area contributed by atoms with Crippen molar-refractivity contribution >= 4 is 25.7 Å². The predicted molar refractivity (Wildman–Crippen MR) is 39.4 cm³/mol. The van der Waals surface area contributed by atoms with Crippen LogP contribution in [0, 0.1) is 0 Å². The number of carbonyl (C=O) groups is 1. The first kappa shape index (κ1) is 7.80. The van der Waals surface area contributed by atoms with Crippen LogP contribution in [0.2, 0.25) is 0 Å². The molecule has 0 bridgehead atoms. The SMILES string of the molecule is C=C(C)C(=O)[SiH2]O[SiH3]. The van der Waals surface area contributed by atoms with E-state index in [4.69, 9.17) is 4.12 Å². The van der Waals surface area contributed by atoms with Crippen LogP contribution in [0.1, 0.15) is 6.92 Å². The van der Waals surface area contributed by atoms with Crippen molar-refractivity contribution < 1.29 is 8.91 Å². The summed E-state index contributed by atoms with van der Waals surface area (Å²) in [6, 6.07) is 0. The summed E-state index contributed by atoms with van der Waals surface area (Å²) >= 11 is 0. The van der Waals surface area contributed by atoms with E-state index < -0.39 is 9.76 Å². The van der Waals surface area contributed by atoms with E-state index in [1.165, 1.54) is 0 Å². The van der Waals surface area contributed by atoms with Gasteiger partial charge in [-0.3, -0.25) is 4.79 Å². The summed E-state index contributed by atoms with van der Waals surface area (Å²) < 4.78 is 4.83. The van der Waals surface area contributed by atoms with Gasteiger partial charge in [0.15, 0.2) is 5.41 Å². The summed E-state index contributed by atoms with van der Waals surface area (Å²) in [6.07, 6.45) is 0. The van der Waals surface area contributed by atoms with E-state index in [1.807, 2.05) is 0 Å². The average molecular weight is 146 g/mol. The van der Waals surface area contributed by atoms with Crippen molar-refractivity contribution in [1.29, 1.82) is 0 Å². The summed E-state index contributed by atoms with van der Waals surface area (Å²) in [7, 11) is -0.196. The Morgan fingerprint density at radius 2 is 2.38 bits per heavy atom. The normalized spacial score (nSPS) is 10.6. The molecule has 46 valence electrons. The van der Waals surface area contributed by atoms with Crippen LogP contribution in [0.25, 0.3) is 0 Å². The minimum Gasteiger partial charge on any atom is -0.463 e. The van der Waals surface area contributed by atoms with E-state index in [-0.39, 0.29) is 5.41 Å². The van der Waals surface area contributed by atoms with E-state index in [9.17, 15) is 4.79 Å². The Balaban J connectivity index is 3.49. The molecular formula is C4H10O2Si2. The van der Waals surface area contributed by atoms with E-state index >= 15 is 0 Å². The van der Waals surface area contributed by atoms with Crippen LogP contribution < -0.4 is 0 Å². The summed E-state index contributed by atoms with van der Waals surface area (Å²) in [6.45, 7) is 5.21. The standard InChI is InChI=1S/C4H10O2Si2/c1-3(2)4(5)8-6-7/h1,8H2,2,7H3. The maximum absolute atomic E-state index is 10.6. The summed E-state index contributed by atoms with van der Waals surface area (Å²) in [5.74, 6) is 0. The number of rotatable bonds is 3. The van der Waals surface area contributed by atoms with E-state index in [1.54, 1.807) is 6.92 Å². The lowest BCUT2D eigenvalue weighted by Crippen LogP contribution is -2.11. The molecule has 0 aromatic carbocycles. The minimum absolute atomic E-state index is 0.139. The molecular weight excluding hydrogens is 136 g/mol. The van der Waals surface area contributed by atoms with E-state index in [2.05, 4.69) is 6.58 Å². The molecule has 0 radical (unpaired) electrons. The van der Waals surface area contributed by atoms with Gasteiger partial charge in [-0.1, -0.05) is 6.58 Å². The first-order chi connectivity index (χ1) is 3.68. The fourth-order valence-electron chi connectivity index (χ4n) is 0.254. The number of hydrogen-bond acceptors (Lipinski definition) is 2. The summed E-state index contributed by atoms with van der Waals surface area (Å²) in [5, 5.41) is 0.139. The van der Waals surface area contributed by atoms with Gasteiger partial charge < -0.3 is 4.12 Å². The Morgan fingerprint density at radius 1 is 1.88 bits per heavy atom. The molecule has 0 aromatic heterocycles. The highest BCUT2D eigenvalue weighted by atomic mass is 28.3. The highest BCUT2D eigenvalue weighted by Crippen LogP contribution is 1.85. The maximum atomic E-state index is 10.6. The lowest BCUT2D eigenvalue weighted by atomic mass is 10.4. The third kappa shape index (κ3) is 2.89. The van der Waals surface area contributed by atoms with Crippen molar-refractivity contribution in [2.75, 3.05) is 0 Å². The monoisotopic (exact) mass is 146 g/mol. The van der Waals surface area contributed by atoms with Crippen LogP contribution in [-0.4, -0.2) is 25.7 Å². The van der Waals surface area contributed by atoms with Crippen LogP contribution >= 0.6 is 0 Å². The second kappa shape index (κ2) is 3.76.